The molecule has 122 valence electrons. The van der Waals surface area contributed by atoms with Crippen LogP contribution in [0.3, 0.4) is 0 Å². The molecule has 6 atom stereocenters. The van der Waals surface area contributed by atoms with Gasteiger partial charge in [-0.25, -0.2) is 4.79 Å². The van der Waals surface area contributed by atoms with E-state index >= 15 is 0 Å². The number of fused-ring (bicyclic) bond motifs is 2. The Hall–Kier alpha value is -1.32. The SMILES string of the molecule is C=C1C(=O)O[C@@H]2C[C@]3(C)[C@@H](CC[C@H](C)OC(C)=O)[C@]3(C)C[C@H]12. The normalized spacial score (nSPS) is 43.9. The zero-order chi connectivity index (χ0) is 16.3. The molecule has 22 heavy (non-hydrogen) atoms. The summed E-state index contributed by atoms with van der Waals surface area (Å²) < 4.78 is 10.7. The van der Waals surface area contributed by atoms with Gasteiger partial charge in [0.2, 0.25) is 0 Å². The van der Waals surface area contributed by atoms with Crippen LogP contribution in [0.4, 0.5) is 0 Å². The Bertz CT molecular complexity index is 539. The molecular formula is C18H26O4. The van der Waals surface area contributed by atoms with Gasteiger partial charge in [0.1, 0.15) is 6.10 Å². The molecule has 3 aliphatic rings. The molecule has 0 unspecified atom stereocenters. The van der Waals surface area contributed by atoms with Crippen molar-refractivity contribution in [2.75, 3.05) is 0 Å². The summed E-state index contributed by atoms with van der Waals surface area (Å²) in [6, 6.07) is 0. The zero-order valence-electron chi connectivity index (χ0n) is 14.0. The Balaban J connectivity index is 1.64. The highest BCUT2D eigenvalue weighted by atomic mass is 16.6. The van der Waals surface area contributed by atoms with Crippen molar-refractivity contribution in [2.45, 2.75) is 65.6 Å². The van der Waals surface area contributed by atoms with Crippen molar-refractivity contribution in [3.63, 3.8) is 0 Å². The molecule has 1 heterocycles. The first-order chi connectivity index (χ1) is 10.2. The van der Waals surface area contributed by atoms with Gasteiger partial charge in [0, 0.05) is 18.4 Å². The van der Waals surface area contributed by atoms with Crippen molar-refractivity contribution in [3.8, 4) is 0 Å². The van der Waals surface area contributed by atoms with Crippen molar-refractivity contribution >= 4 is 11.9 Å². The van der Waals surface area contributed by atoms with Crippen LogP contribution >= 0.6 is 0 Å². The van der Waals surface area contributed by atoms with Crippen LogP contribution in [0.15, 0.2) is 12.2 Å². The maximum Gasteiger partial charge on any atom is 0.334 e. The Labute approximate surface area is 132 Å². The highest BCUT2D eigenvalue weighted by Crippen LogP contribution is 2.78. The molecular weight excluding hydrogens is 280 g/mol. The fraction of sp³-hybridized carbons (Fsp3) is 0.778. The van der Waals surface area contributed by atoms with E-state index in [4.69, 9.17) is 9.47 Å². The summed E-state index contributed by atoms with van der Waals surface area (Å²) in [6.45, 7) is 12.0. The highest BCUT2D eigenvalue weighted by Gasteiger charge is 2.74. The molecule has 0 aromatic carbocycles. The minimum atomic E-state index is -0.212. The lowest BCUT2D eigenvalue weighted by Gasteiger charge is -2.32. The second-order valence-corrected chi connectivity index (χ2v) is 7.87. The molecule has 0 aromatic heterocycles. The van der Waals surface area contributed by atoms with Crippen LogP contribution in [-0.2, 0) is 19.1 Å². The minimum Gasteiger partial charge on any atom is -0.463 e. The summed E-state index contributed by atoms with van der Waals surface area (Å²) in [6.07, 6.45) is 3.87. The molecule has 0 bridgehead atoms. The Morgan fingerprint density at radius 3 is 2.68 bits per heavy atom. The Morgan fingerprint density at radius 1 is 1.41 bits per heavy atom. The van der Waals surface area contributed by atoms with Crippen molar-refractivity contribution in [1.29, 1.82) is 0 Å². The third kappa shape index (κ3) is 2.10. The number of carbonyl (C=O) groups is 2. The summed E-state index contributed by atoms with van der Waals surface area (Å²) in [5.41, 5.74) is 1.14. The fourth-order valence-corrected chi connectivity index (χ4v) is 5.19. The van der Waals surface area contributed by atoms with Crippen molar-refractivity contribution < 1.29 is 19.1 Å². The van der Waals surface area contributed by atoms with Crippen LogP contribution in [-0.4, -0.2) is 24.1 Å². The van der Waals surface area contributed by atoms with Gasteiger partial charge in [-0.1, -0.05) is 20.4 Å². The monoisotopic (exact) mass is 306 g/mol. The highest BCUT2D eigenvalue weighted by molar-refractivity contribution is 5.91. The van der Waals surface area contributed by atoms with Crippen LogP contribution in [0, 0.1) is 22.7 Å². The Morgan fingerprint density at radius 2 is 2.05 bits per heavy atom. The molecule has 1 saturated heterocycles. The van der Waals surface area contributed by atoms with Crippen LogP contribution in [0.2, 0.25) is 0 Å². The van der Waals surface area contributed by atoms with Crippen LogP contribution in [0.5, 0.6) is 0 Å². The lowest BCUT2D eigenvalue weighted by atomic mass is 9.73. The predicted octanol–water partition coefficient (Wildman–Crippen LogP) is 3.25. The van der Waals surface area contributed by atoms with E-state index in [1.807, 2.05) is 6.92 Å². The maximum absolute atomic E-state index is 11.7. The molecule has 0 amide bonds. The summed E-state index contributed by atoms with van der Waals surface area (Å²) >= 11 is 0. The number of hydrogen-bond acceptors (Lipinski definition) is 4. The first kappa shape index (κ1) is 15.6. The largest absolute Gasteiger partial charge is 0.463 e. The minimum absolute atomic E-state index is 0.0222. The van der Waals surface area contributed by atoms with Crippen molar-refractivity contribution in [3.05, 3.63) is 12.2 Å². The standard InChI is InChI=1S/C18H26O4/c1-10(21-12(3)19)6-7-15-17(4)8-13-11(2)16(20)22-14(13)9-18(15,17)5/h10,13-15H,2,6-9H2,1,3-5H3/t10-,13+,14+,15-,17-,18+/m0/s1. The first-order valence-electron chi connectivity index (χ1n) is 8.26. The maximum atomic E-state index is 11.7. The van der Waals surface area contributed by atoms with E-state index in [9.17, 15) is 9.59 Å². The molecule has 4 nitrogen and oxygen atoms in total. The molecule has 0 N–H and O–H groups in total. The summed E-state index contributed by atoms with van der Waals surface area (Å²) in [7, 11) is 0. The number of ether oxygens (including phenoxy) is 2. The fourth-order valence-electron chi connectivity index (χ4n) is 5.19. The molecule has 3 fully saturated rings. The predicted molar refractivity (Wildman–Crippen MR) is 81.9 cm³/mol. The zero-order valence-corrected chi connectivity index (χ0v) is 14.0. The lowest BCUT2D eigenvalue weighted by Crippen LogP contribution is -2.30. The molecule has 2 aliphatic carbocycles. The lowest BCUT2D eigenvalue weighted by molar-refractivity contribution is -0.145. The molecule has 2 saturated carbocycles. The van der Waals surface area contributed by atoms with Gasteiger partial charge in [-0.2, -0.15) is 0 Å². The topological polar surface area (TPSA) is 52.6 Å². The Kier molecular flexibility index (Phi) is 3.42. The number of rotatable bonds is 4. The van der Waals surface area contributed by atoms with E-state index in [1.54, 1.807) is 0 Å². The smallest absolute Gasteiger partial charge is 0.334 e. The average molecular weight is 306 g/mol. The molecule has 0 aromatic rings. The second-order valence-electron chi connectivity index (χ2n) is 7.87. The number of esters is 2. The third-order valence-electron chi connectivity index (χ3n) is 6.67. The van der Waals surface area contributed by atoms with E-state index in [2.05, 4.69) is 20.4 Å². The van der Waals surface area contributed by atoms with Gasteiger partial charge in [-0.3, -0.25) is 4.79 Å². The molecule has 0 radical (unpaired) electrons. The van der Waals surface area contributed by atoms with Crippen LogP contribution in [0.1, 0.15) is 53.4 Å². The van der Waals surface area contributed by atoms with Crippen molar-refractivity contribution in [1.82, 2.24) is 0 Å². The summed E-state index contributed by atoms with van der Waals surface area (Å²) in [5.74, 6) is 0.385. The van der Waals surface area contributed by atoms with E-state index in [1.165, 1.54) is 6.92 Å². The first-order valence-corrected chi connectivity index (χ1v) is 8.26. The summed E-state index contributed by atoms with van der Waals surface area (Å²) in [4.78, 5) is 22.7. The quantitative estimate of drug-likeness (QED) is 0.591. The van der Waals surface area contributed by atoms with Gasteiger partial charge in [-0.15, -0.1) is 0 Å². The molecule has 1 aliphatic heterocycles. The third-order valence-corrected chi connectivity index (χ3v) is 6.67. The van der Waals surface area contributed by atoms with E-state index in [0.717, 1.165) is 25.7 Å². The molecule has 4 heteroatoms. The summed E-state index contributed by atoms with van der Waals surface area (Å²) in [5, 5.41) is 0. The van der Waals surface area contributed by atoms with E-state index < -0.39 is 0 Å². The van der Waals surface area contributed by atoms with Gasteiger partial charge in [0.25, 0.3) is 0 Å². The van der Waals surface area contributed by atoms with Crippen molar-refractivity contribution in [2.24, 2.45) is 22.7 Å². The average Bonchev–Trinajstić information content (AvgIpc) is 2.75. The molecule has 0 spiro atoms. The molecule has 3 rings (SSSR count). The van der Waals surface area contributed by atoms with Gasteiger partial charge < -0.3 is 9.47 Å². The van der Waals surface area contributed by atoms with E-state index in [-0.39, 0.29) is 40.9 Å². The van der Waals surface area contributed by atoms with Gasteiger partial charge in [-0.05, 0) is 49.4 Å². The number of carbonyl (C=O) groups excluding carboxylic acids is 2. The van der Waals surface area contributed by atoms with Crippen LogP contribution < -0.4 is 0 Å². The van der Waals surface area contributed by atoms with Gasteiger partial charge in [0.05, 0.1) is 6.10 Å². The second kappa shape index (κ2) is 4.84. The van der Waals surface area contributed by atoms with Crippen LogP contribution in [0.25, 0.3) is 0 Å². The number of hydrogen-bond donors (Lipinski definition) is 0. The van der Waals surface area contributed by atoms with Gasteiger partial charge in [0.15, 0.2) is 0 Å². The van der Waals surface area contributed by atoms with E-state index in [0.29, 0.717) is 11.5 Å². The van der Waals surface area contributed by atoms with Gasteiger partial charge >= 0.3 is 11.9 Å².